The van der Waals surface area contributed by atoms with Gasteiger partial charge in [-0.15, -0.1) is 0 Å². The Hall–Kier alpha value is -1.39. The molecule has 0 unspecified atom stereocenters. The van der Waals surface area contributed by atoms with Gasteiger partial charge in [-0.2, -0.15) is 4.98 Å². The maximum atomic E-state index is 11.1. The van der Waals surface area contributed by atoms with E-state index in [9.17, 15) is 4.79 Å². The fourth-order valence-corrected chi connectivity index (χ4v) is 3.87. The SMILES string of the molecule is O=C(O)CC1(Cc2nc(C3CCCC3)no2)CCCC1. The van der Waals surface area contributed by atoms with Crippen LogP contribution in [0.2, 0.25) is 0 Å². The van der Waals surface area contributed by atoms with Crippen molar-refractivity contribution in [3.05, 3.63) is 11.7 Å². The number of hydrogen-bond acceptors (Lipinski definition) is 4. The summed E-state index contributed by atoms with van der Waals surface area (Å²) < 4.78 is 5.39. The van der Waals surface area contributed by atoms with Crippen LogP contribution in [-0.2, 0) is 11.2 Å². The van der Waals surface area contributed by atoms with E-state index in [1.165, 1.54) is 12.8 Å². The van der Waals surface area contributed by atoms with Crippen molar-refractivity contribution >= 4 is 5.97 Å². The van der Waals surface area contributed by atoms with E-state index in [0.29, 0.717) is 18.2 Å². The lowest BCUT2D eigenvalue weighted by molar-refractivity contribution is -0.139. The van der Waals surface area contributed by atoms with E-state index < -0.39 is 5.97 Å². The highest BCUT2D eigenvalue weighted by Gasteiger charge is 2.38. The highest BCUT2D eigenvalue weighted by atomic mass is 16.5. The Morgan fingerprint density at radius 2 is 1.95 bits per heavy atom. The molecule has 20 heavy (non-hydrogen) atoms. The van der Waals surface area contributed by atoms with Crippen LogP contribution in [0.1, 0.15) is 75.4 Å². The number of carbonyl (C=O) groups is 1. The van der Waals surface area contributed by atoms with Gasteiger partial charge in [0.15, 0.2) is 5.82 Å². The average Bonchev–Trinajstić information content (AvgIpc) is 3.08. The molecule has 2 fully saturated rings. The monoisotopic (exact) mass is 278 g/mol. The summed E-state index contributed by atoms with van der Waals surface area (Å²) in [6.45, 7) is 0. The Bertz CT molecular complexity index is 471. The first-order chi connectivity index (χ1) is 9.67. The molecule has 1 aromatic heterocycles. The second kappa shape index (κ2) is 5.54. The first kappa shape index (κ1) is 13.6. The second-order valence-electron chi connectivity index (χ2n) is 6.48. The largest absolute Gasteiger partial charge is 0.481 e. The van der Waals surface area contributed by atoms with Crippen molar-refractivity contribution in [2.24, 2.45) is 5.41 Å². The minimum Gasteiger partial charge on any atom is -0.481 e. The van der Waals surface area contributed by atoms with Crippen molar-refractivity contribution in [3.63, 3.8) is 0 Å². The number of carboxylic acid groups (broad SMARTS) is 1. The van der Waals surface area contributed by atoms with Crippen molar-refractivity contribution in [2.75, 3.05) is 0 Å². The van der Waals surface area contributed by atoms with Gasteiger partial charge in [-0.05, 0) is 31.1 Å². The molecule has 0 bridgehead atoms. The van der Waals surface area contributed by atoms with E-state index in [-0.39, 0.29) is 11.8 Å². The first-order valence-corrected chi connectivity index (χ1v) is 7.71. The van der Waals surface area contributed by atoms with Crippen molar-refractivity contribution in [1.29, 1.82) is 0 Å². The lowest BCUT2D eigenvalue weighted by Gasteiger charge is -2.24. The third-order valence-electron chi connectivity index (χ3n) is 4.92. The number of aliphatic carboxylic acids is 1. The van der Waals surface area contributed by atoms with E-state index in [1.807, 2.05) is 0 Å². The summed E-state index contributed by atoms with van der Waals surface area (Å²) in [7, 11) is 0. The second-order valence-corrected chi connectivity index (χ2v) is 6.48. The molecule has 0 radical (unpaired) electrons. The van der Waals surface area contributed by atoms with Gasteiger partial charge in [0.05, 0.1) is 6.42 Å². The van der Waals surface area contributed by atoms with Crippen LogP contribution in [-0.4, -0.2) is 21.2 Å². The average molecular weight is 278 g/mol. The molecule has 0 saturated heterocycles. The maximum absolute atomic E-state index is 11.1. The number of hydrogen-bond donors (Lipinski definition) is 1. The molecule has 3 rings (SSSR count). The molecule has 0 aromatic carbocycles. The predicted molar refractivity (Wildman–Crippen MR) is 72.4 cm³/mol. The number of rotatable bonds is 5. The van der Waals surface area contributed by atoms with Gasteiger partial charge in [-0.25, -0.2) is 0 Å². The molecule has 0 spiro atoms. The normalized spacial score (nSPS) is 22.4. The smallest absolute Gasteiger partial charge is 0.303 e. The molecule has 5 heteroatoms. The summed E-state index contributed by atoms with van der Waals surface area (Å²) in [5.74, 6) is 1.20. The van der Waals surface area contributed by atoms with Crippen LogP contribution in [0, 0.1) is 5.41 Å². The summed E-state index contributed by atoms with van der Waals surface area (Å²) in [5, 5.41) is 13.2. The van der Waals surface area contributed by atoms with Crippen molar-refractivity contribution in [1.82, 2.24) is 10.1 Å². The molecular formula is C15H22N2O3. The molecule has 2 saturated carbocycles. The fraction of sp³-hybridized carbons (Fsp3) is 0.800. The van der Waals surface area contributed by atoms with Crippen LogP contribution >= 0.6 is 0 Å². The zero-order chi connectivity index (χ0) is 14.0. The topological polar surface area (TPSA) is 76.2 Å². The van der Waals surface area contributed by atoms with Crippen molar-refractivity contribution in [2.45, 2.75) is 70.1 Å². The van der Waals surface area contributed by atoms with E-state index in [4.69, 9.17) is 9.63 Å². The number of nitrogens with zero attached hydrogens (tertiary/aromatic N) is 2. The van der Waals surface area contributed by atoms with E-state index in [2.05, 4.69) is 10.1 Å². The number of aromatic nitrogens is 2. The van der Waals surface area contributed by atoms with Crippen LogP contribution < -0.4 is 0 Å². The van der Waals surface area contributed by atoms with Gasteiger partial charge >= 0.3 is 5.97 Å². The molecule has 5 nitrogen and oxygen atoms in total. The van der Waals surface area contributed by atoms with Gasteiger partial charge in [-0.1, -0.05) is 30.8 Å². The molecule has 2 aliphatic rings. The summed E-state index contributed by atoms with van der Waals surface area (Å²) in [6, 6.07) is 0. The lowest BCUT2D eigenvalue weighted by atomic mass is 9.79. The molecule has 1 heterocycles. The van der Waals surface area contributed by atoms with E-state index in [1.54, 1.807) is 0 Å². The quantitative estimate of drug-likeness (QED) is 0.894. The summed E-state index contributed by atoms with van der Waals surface area (Å²) in [5.41, 5.74) is -0.161. The van der Waals surface area contributed by atoms with Crippen LogP contribution in [0.4, 0.5) is 0 Å². The highest BCUT2D eigenvalue weighted by molar-refractivity contribution is 5.67. The van der Waals surface area contributed by atoms with Gasteiger partial charge in [-0.3, -0.25) is 4.79 Å². The third-order valence-corrected chi connectivity index (χ3v) is 4.92. The Balaban J connectivity index is 1.70. The van der Waals surface area contributed by atoms with E-state index in [0.717, 1.165) is 44.3 Å². The summed E-state index contributed by atoms with van der Waals surface area (Å²) in [6.07, 6.45) is 9.77. The van der Waals surface area contributed by atoms with Gasteiger partial charge in [0.1, 0.15) is 0 Å². The Morgan fingerprint density at radius 1 is 1.25 bits per heavy atom. The highest BCUT2D eigenvalue weighted by Crippen LogP contribution is 2.44. The molecule has 110 valence electrons. The zero-order valence-electron chi connectivity index (χ0n) is 11.8. The van der Waals surface area contributed by atoms with Crippen molar-refractivity contribution < 1.29 is 14.4 Å². The molecule has 1 aromatic rings. The number of carboxylic acids is 1. The van der Waals surface area contributed by atoms with Gasteiger partial charge in [0.2, 0.25) is 5.89 Å². The van der Waals surface area contributed by atoms with Gasteiger partial charge in [0.25, 0.3) is 0 Å². The maximum Gasteiger partial charge on any atom is 0.303 e. The molecule has 0 aliphatic heterocycles. The summed E-state index contributed by atoms with van der Waals surface area (Å²) in [4.78, 5) is 15.6. The fourth-order valence-electron chi connectivity index (χ4n) is 3.87. The molecule has 0 atom stereocenters. The Labute approximate surface area is 118 Å². The molecule has 1 N–H and O–H groups in total. The van der Waals surface area contributed by atoms with E-state index >= 15 is 0 Å². The van der Waals surface area contributed by atoms with Crippen LogP contribution in [0.15, 0.2) is 4.52 Å². The van der Waals surface area contributed by atoms with Crippen LogP contribution in [0.5, 0.6) is 0 Å². The molecule has 2 aliphatic carbocycles. The molecular weight excluding hydrogens is 256 g/mol. The minimum atomic E-state index is -0.720. The van der Waals surface area contributed by atoms with Gasteiger partial charge in [0, 0.05) is 12.3 Å². The standard InChI is InChI=1S/C15H22N2O3/c18-13(19)10-15(7-3-4-8-15)9-12-16-14(17-20-12)11-5-1-2-6-11/h11H,1-10H2,(H,18,19). The minimum absolute atomic E-state index is 0.161. The lowest BCUT2D eigenvalue weighted by Crippen LogP contribution is -2.24. The summed E-state index contributed by atoms with van der Waals surface area (Å²) >= 11 is 0. The zero-order valence-corrected chi connectivity index (χ0v) is 11.8. The first-order valence-electron chi connectivity index (χ1n) is 7.71. The van der Waals surface area contributed by atoms with Gasteiger partial charge < -0.3 is 9.63 Å². The Kier molecular flexibility index (Phi) is 3.76. The van der Waals surface area contributed by atoms with Crippen molar-refractivity contribution in [3.8, 4) is 0 Å². The predicted octanol–water partition coefficient (Wildman–Crippen LogP) is 3.30. The third kappa shape index (κ3) is 2.86. The Morgan fingerprint density at radius 3 is 2.60 bits per heavy atom. The van der Waals surface area contributed by atoms with Crippen LogP contribution in [0.25, 0.3) is 0 Å². The molecule has 0 amide bonds. The van der Waals surface area contributed by atoms with Crippen LogP contribution in [0.3, 0.4) is 0 Å².